The average Bonchev–Trinajstić information content (AvgIpc) is 2.55. The minimum atomic E-state index is -4.73. The van der Waals surface area contributed by atoms with Gasteiger partial charge in [-0.15, -0.1) is 0 Å². The lowest BCUT2D eigenvalue weighted by Crippen LogP contribution is -2.41. The molecule has 5 nitrogen and oxygen atoms in total. The quantitative estimate of drug-likeness (QED) is 0.836. The predicted octanol–water partition coefficient (Wildman–Crippen LogP) is 2.38. The number of sulfonamides is 1. The van der Waals surface area contributed by atoms with Gasteiger partial charge in [0, 0.05) is 0 Å². The first kappa shape index (κ1) is 19.1. The number of halogens is 3. The van der Waals surface area contributed by atoms with Crippen LogP contribution in [0.15, 0.2) is 18.2 Å². The Morgan fingerprint density at radius 3 is 2.00 bits per heavy atom. The summed E-state index contributed by atoms with van der Waals surface area (Å²) in [6.45, 7) is 7.16. The lowest BCUT2D eigenvalue weighted by atomic mass is 9.78. The van der Waals surface area contributed by atoms with Crippen LogP contribution in [-0.2, 0) is 25.5 Å². The Kier molecular flexibility index (Phi) is 4.48. The summed E-state index contributed by atoms with van der Waals surface area (Å²) in [5, 5.41) is 0. The zero-order chi connectivity index (χ0) is 18.6. The molecule has 24 heavy (non-hydrogen) atoms. The van der Waals surface area contributed by atoms with E-state index in [1.54, 1.807) is 27.7 Å². The van der Waals surface area contributed by atoms with Crippen LogP contribution in [-0.4, -0.2) is 33.0 Å². The van der Waals surface area contributed by atoms with Crippen molar-refractivity contribution in [3.8, 4) is 0 Å². The van der Waals surface area contributed by atoms with Gasteiger partial charge in [-0.2, -0.15) is 13.2 Å². The van der Waals surface area contributed by atoms with Gasteiger partial charge in [0.2, 0.25) is 10.0 Å². The average molecular weight is 365 g/mol. The third-order valence-corrected chi connectivity index (χ3v) is 4.76. The van der Waals surface area contributed by atoms with Gasteiger partial charge in [0.25, 0.3) is 0 Å². The van der Waals surface area contributed by atoms with Crippen LogP contribution in [0.4, 0.5) is 18.9 Å². The number of nitrogens with one attached hydrogen (secondary N) is 1. The number of hydrogen-bond donors (Lipinski definition) is 1. The molecule has 0 bridgehead atoms. The van der Waals surface area contributed by atoms with E-state index in [0.29, 0.717) is 0 Å². The first-order valence-corrected chi connectivity index (χ1v) is 9.06. The van der Waals surface area contributed by atoms with Crippen molar-refractivity contribution < 1.29 is 30.9 Å². The third-order valence-electron chi connectivity index (χ3n) is 4.17. The minimum absolute atomic E-state index is 0.167. The van der Waals surface area contributed by atoms with E-state index < -0.39 is 45.8 Å². The normalized spacial score (nSPS) is 20.2. The SMILES string of the molecule is CC1(C)OB(c2ccc(NS(C)(=O)=O)c(C(F)(F)F)c2)OC1(C)C. The molecule has 0 aromatic heterocycles. The van der Waals surface area contributed by atoms with Crippen LogP contribution in [0.2, 0.25) is 0 Å². The number of benzene rings is 1. The maximum absolute atomic E-state index is 13.3. The molecule has 0 atom stereocenters. The molecule has 0 spiro atoms. The van der Waals surface area contributed by atoms with Gasteiger partial charge in [-0.05, 0) is 45.3 Å². The van der Waals surface area contributed by atoms with Gasteiger partial charge in [-0.25, -0.2) is 8.42 Å². The second kappa shape index (κ2) is 5.64. The fourth-order valence-electron chi connectivity index (χ4n) is 2.21. The standard InChI is InChI=1S/C14H19BF3NO4S/c1-12(2)13(3,4)23-15(22-12)9-6-7-11(19-24(5,20)21)10(8-9)14(16,17)18/h6-8,19H,1-5H3. The molecule has 1 aromatic rings. The molecule has 134 valence electrons. The molecule has 2 rings (SSSR count). The Balaban J connectivity index is 2.45. The molecule has 1 N–H and O–H groups in total. The molecule has 1 aliphatic heterocycles. The van der Waals surface area contributed by atoms with Crippen molar-refractivity contribution in [1.82, 2.24) is 0 Å². The van der Waals surface area contributed by atoms with Gasteiger partial charge >= 0.3 is 13.3 Å². The smallest absolute Gasteiger partial charge is 0.399 e. The van der Waals surface area contributed by atoms with E-state index >= 15 is 0 Å². The van der Waals surface area contributed by atoms with Gasteiger partial charge in [0.15, 0.2) is 0 Å². The molecule has 0 aliphatic carbocycles. The second-order valence-corrected chi connectivity index (χ2v) is 8.51. The fourth-order valence-corrected chi connectivity index (χ4v) is 2.79. The summed E-state index contributed by atoms with van der Waals surface area (Å²) in [4.78, 5) is 0. The van der Waals surface area contributed by atoms with Gasteiger partial charge in [0.1, 0.15) is 0 Å². The number of rotatable bonds is 3. The Hall–Kier alpha value is -1.26. The molecular weight excluding hydrogens is 346 g/mol. The molecule has 1 heterocycles. The molecule has 1 aromatic carbocycles. The Bertz CT molecular complexity index is 731. The summed E-state index contributed by atoms with van der Waals surface area (Å²) in [5.74, 6) is 0. The largest absolute Gasteiger partial charge is 0.494 e. The van der Waals surface area contributed by atoms with Crippen molar-refractivity contribution in [2.24, 2.45) is 0 Å². The second-order valence-electron chi connectivity index (χ2n) is 6.77. The first-order chi connectivity index (χ1) is 10.6. The van der Waals surface area contributed by atoms with Crippen molar-refractivity contribution in [3.63, 3.8) is 0 Å². The van der Waals surface area contributed by atoms with Crippen LogP contribution in [0.3, 0.4) is 0 Å². The monoisotopic (exact) mass is 365 g/mol. The van der Waals surface area contributed by atoms with Crippen LogP contribution in [0.5, 0.6) is 0 Å². The van der Waals surface area contributed by atoms with E-state index in [1.807, 2.05) is 4.72 Å². The molecule has 1 fully saturated rings. The molecule has 10 heteroatoms. The van der Waals surface area contributed by atoms with E-state index in [9.17, 15) is 21.6 Å². The van der Waals surface area contributed by atoms with Crippen LogP contribution >= 0.6 is 0 Å². The Morgan fingerprint density at radius 1 is 1.08 bits per heavy atom. The lowest BCUT2D eigenvalue weighted by molar-refractivity contribution is -0.136. The predicted molar refractivity (Wildman–Crippen MR) is 85.6 cm³/mol. The maximum Gasteiger partial charge on any atom is 0.494 e. The van der Waals surface area contributed by atoms with Crippen molar-refractivity contribution in [2.45, 2.75) is 45.1 Å². The van der Waals surface area contributed by atoms with Crippen LogP contribution in [0, 0.1) is 0 Å². The van der Waals surface area contributed by atoms with E-state index in [-0.39, 0.29) is 5.46 Å². The van der Waals surface area contributed by atoms with Crippen molar-refractivity contribution >= 4 is 28.3 Å². The maximum atomic E-state index is 13.3. The lowest BCUT2D eigenvalue weighted by Gasteiger charge is -2.32. The fraction of sp³-hybridized carbons (Fsp3) is 0.571. The number of hydrogen-bond acceptors (Lipinski definition) is 4. The molecule has 1 aliphatic rings. The molecule has 0 unspecified atom stereocenters. The van der Waals surface area contributed by atoms with Gasteiger partial charge in [-0.1, -0.05) is 6.07 Å². The van der Waals surface area contributed by atoms with Gasteiger partial charge in [0.05, 0.1) is 28.7 Å². The highest BCUT2D eigenvalue weighted by atomic mass is 32.2. The van der Waals surface area contributed by atoms with Crippen LogP contribution in [0.1, 0.15) is 33.3 Å². The van der Waals surface area contributed by atoms with Crippen molar-refractivity contribution in [1.29, 1.82) is 0 Å². The van der Waals surface area contributed by atoms with Crippen molar-refractivity contribution in [2.75, 3.05) is 11.0 Å². The first-order valence-electron chi connectivity index (χ1n) is 7.17. The summed E-state index contributed by atoms with van der Waals surface area (Å²) in [6, 6.07) is 3.25. The summed E-state index contributed by atoms with van der Waals surface area (Å²) < 4.78 is 75.7. The van der Waals surface area contributed by atoms with E-state index in [4.69, 9.17) is 9.31 Å². The van der Waals surface area contributed by atoms with E-state index in [1.165, 1.54) is 6.07 Å². The summed E-state index contributed by atoms with van der Waals surface area (Å²) in [5.41, 5.74) is -2.86. The van der Waals surface area contributed by atoms with Crippen LogP contribution in [0.25, 0.3) is 0 Å². The summed E-state index contributed by atoms with van der Waals surface area (Å²) in [7, 11) is -4.81. The number of anilines is 1. The molecular formula is C14H19BF3NO4S. The Morgan fingerprint density at radius 2 is 1.58 bits per heavy atom. The Labute approximate surface area is 139 Å². The topological polar surface area (TPSA) is 64.6 Å². The zero-order valence-corrected chi connectivity index (χ0v) is 14.8. The highest BCUT2D eigenvalue weighted by Gasteiger charge is 2.52. The highest BCUT2D eigenvalue weighted by Crippen LogP contribution is 2.38. The molecule has 0 radical (unpaired) electrons. The highest BCUT2D eigenvalue weighted by molar-refractivity contribution is 7.92. The van der Waals surface area contributed by atoms with Gasteiger partial charge in [-0.3, -0.25) is 4.72 Å². The summed E-state index contributed by atoms with van der Waals surface area (Å²) >= 11 is 0. The zero-order valence-electron chi connectivity index (χ0n) is 14.0. The van der Waals surface area contributed by atoms with Crippen molar-refractivity contribution in [3.05, 3.63) is 23.8 Å². The third kappa shape index (κ3) is 3.86. The minimum Gasteiger partial charge on any atom is -0.399 e. The summed E-state index contributed by atoms with van der Waals surface area (Å²) in [6.07, 6.45) is -3.94. The molecule has 0 amide bonds. The number of alkyl halides is 3. The molecule has 1 saturated heterocycles. The van der Waals surface area contributed by atoms with Gasteiger partial charge < -0.3 is 9.31 Å². The van der Waals surface area contributed by atoms with E-state index in [2.05, 4.69) is 0 Å². The molecule has 0 saturated carbocycles. The van der Waals surface area contributed by atoms with E-state index in [0.717, 1.165) is 18.4 Å². The van der Waals surface area contributed by atoms with Crippen LogP contribution < -0.4 is 10.2 Å².